The number of hydrogen-bond donors (Lipinski definition) is 2. The van der Waals surface area contributed by atoms with Gasteiger partial charge in [0.25, 0.3) is 0 Å². The number of nitrogens with zero attached hydrogens (tertiary/aromatic N) is 2. The van der Waals surface area contributed by atoms with Crippen LogP contribution in [0, 0.1) is 18.3 Å². The van der Waals surface area contributed by atoms with E-state index in [0.29, 0.717) is 11.4 Å². The first-order valence-electron chi connectivity index (χ1n) is 6.10. The molecule has 0 unspecified atom stereocenters. The zero-order chi connectivity index (χ0) is 13.4. The van der Waals surface area contributed by atoms with Crippen LogP contribution < -0.4 is 16.0 Å². The van der Waals surface area contributed by atoms with Crippen molar-refractivity contribution in [2.75, 3.05) is 11.4 Å². The standard InChI is InChI=1S/C15H14N4/c1-10-2-4-12(5-3-10)19-8-11-7-18-15(17)13(6-16)14(11)9-19/h2-5,7,9,18H,8,17H2,1H3. The van der Waals surface area contributed by atoms with Gasteiger partial charge in [0.2, 0.25) is 0 Å². The van der Waals surface area contributed by atoms with Crippen LogP contribution in [-0.4, -0.2) is 6.54 Å². The molecule has 4 heteroatoms. The Kier molecular flexibility index (Phi) is 2.53. The summed E-state index contributed by atoms with van der Waals surface area (Å²) in [6.07, 6.45) is 3.86. The number of rotatable bonds is 1. The third-order valence-electron chi connectivity index (χ3n) is 3.39. The number of fused-ring (bicyclic) bond motifs is 1. The number of dihydropyridines is 1. The molecule has 1 aromatic carbocycles. The Hall–Kier alpha value is -2.67. The Morgan fingerprint density at radius 1 is 1.32 bits per heavy atom. The van der Waals surface area contributed by atoms with E-state index >= 15 is 0 Å². The van der Waals surface area contributed by atoms with Gasteiger partial charge < -0.3 is 16.0 Å². The maximum atomic E-state index is 9.19. The second-order valence-electron chi connectivity index (χ2n) is 4.72. The monoisotopic (exact) mass is 250 g/mol. The first-order chi connectivity index (χ1) is 9.19. The van der Waals surface area contributed by atoms with Gasteiger partial charge in [0.1, 0.15) is 17.5 Å². The lowest BCUT2D eigenvalue weighted by Gasteiger charge is -2.16. The van der Waals surface area contributed by atoms with Gasteiger partial charge in [-0.15, -0.1) is 0 Å². The van der Waals surface area contributed by atoms with Crippen LogP contribution in [-0.2, 0) is 0 Å². The molecule has 2 aliphatic rings. The highest BCUT2D eigenvalue weighted by molar-refractivity contribution is 5.67. The van der Waals surface area contributed by atoms with Crippen molar-refractivity contribution in [2.45, 2.75) is 6.92 Å². The van der Waals surface area contributed by atoms with Crippen LogP contribution >= 0.6 is 0 Å². The molecule has 3 N–H and O–H groups in total. The second kappa shape index (κ2) is 4.21. The molecule has 0 fully saturated rings. The normalized spacial score (nSPS) is 17.4. The highest BCUT2D eigenvalue weighted by atomic mass is 15.1. The van der Waals surface area contributed by atoms with Crippen LogP contribution in [0.4, 0.5) is 5.69 Å². The van der Waals surface area contributed by atoms with Crippen LogP contribution in [0.15, 0.2) is 59.2 Å². The quantitative estimate of drug-likeness (QED) is 0.798. The molecule has 0 bridgehead atoms. The molecule has 0 atom stereocenters. The van der Waals surface area contributed by atoms with Crippen molar-refractivity contribution < 1.29 is 0 Å². The van der Waals surface area contributed by atoms with Crippen molar-refractivity contribution in [3.63, 3.8) is 0 Å². The molecule has 0 saturated carbocycles. The number of allylic oxidation sites excluding steroid dienone is 1. The van der Waals surface area contributed by atoms with E-state index in [0.717, 1.165) is 23.4 Å². The summed E-state index contributed by atoms with van der Waals surface area (Å²) < 4.78 is 0. The lowest BCUT2D eigenvalue weighted by Crippen LogP contribution is -2.22. The van der Waals surface area contributed by atoms with Crippen molar-refractivity contribution >= 4 is 5.69 Å². The predicted octanol–water partition coefficient (Wildman–Crippen LogP) is 1.88. The summed E-state index contributed by atoms with van der Waals surface area (Å²) in [5, 5.41) is 12.1. The molecule has 0 spiro atoms. The number of benzene rings is 1. The van der Waals surface area contributed by atoms with Gasteiger partial charge in [-0.1, -0.05) is 17.7 Å². The van der Waals surface area contributed by atoms with Crippen LogP contribution in [0.3, 0.4) is 0 Å². The summed E-state index contributed by atoms with van der Waals surface area (Å²) in [5.74, 6) is 0.420. The molecular formula is C15H14N4. The van der Waals surface area contributed by atoms with E-state index in [9.17, 15) is 5.26 Å². The maximum absolute atomic E-state index is 9.19. The molecule has 3 rings (SSSR count). The SMILES string of the molecule is Cc1ccc(N2C=C3C(=CNC(N)=C3C#N)C2)cc1. The van der Waals surface area contributed by atoms with Crippen LogP contribution in [0.5, 0.6) is 0 Å². The fourth-order valence-electron chi connectivity index (χ4n) is 2.31. The molecular weight excluding hydrogens is 236 g/mol. The topological polar surface area (TPSA) is 65.1 Å². The molecule has 0 aromatic heterocycles. The molecule has 2 heterocycles. The van der Waals surface area contributed by atoms with Gasteiger partial charge in [0.05, 0.1) is 0 Å². The first-order valence-corrected chi connectivity index (χ1v) is 6.10. The average molecular weight is 250 g/mol. The Morgan fingerprint density at radius 3 is 2.74 bits per heavy atom. The van der Waals surface area contributed by atoms with Crippen molar-refractivity contribution in [3.8, 4) is 6.07 Å². The largest absolute Gasteiger partial charge is 0.384 e. The zero-order valence-electron chi connectivity index (χ0n) is 10.6. The van der Waals surface area contributed by atoms with Gasteiger partial charge in [0.15, 0.2) is 0 Å². The number of hydrogen-bond acceptors (Lipinski definition) is 4. The highest BCUT2D eigenvalue weighted by Crippen LogP contribution is 2.32. The Bertz CT molecular complexity index is 656. The summed E-state index contributed by atoms with van der Waals surface area (Å²) in [6.45, 7) is 2.82. The molecule has 94 valence electrons. The van der Waals surface area contributed by atoms with Crippen LogP contribution in [0.1, 0.15) is 5.56 Å². The summed E-state index contributed by atoms with van der Waals surface area (Å²) in [5.41, 5.74) is 10.7. The van der Waals surface area contributed by atoms with Gasteiger partial charge >= 0.3 is 0 Å². The molecule has 0 amide bonds. The minimum Gasteiger partial charge on any atom is -0.384 e. The summed E-state index contributed by atoms with van der Waals surface area (Å²) in [4.78, 5) is 2.12. The predicted molar refractivity (Wildman–Crippen MR) is 74.7 cm³/mol. The molecule has 2 aliphatic heterocycles. The van der Waals surface area contributed by atoms with E-state index in [2.05, 4.69) is 47.5 Å². The van der Waals surface area contributed by atoms with Crippen LogP contribution in [0.2, 0.25) is 0 Å². The summed E-state index contributed by atoms with van der Waals surface area (Å²) in [7, 11) is 0. The third kappa shape index (κ3) is 1.85. The average Bonchev–Trinajstić information content (AvgIpc) is 2.83. The number of nitrogens with two attached hydrogens (primary N) is 1. The van der Waals surface area contributed by atoms with Gasteiger partial charge in [-0.3, -0.25) is 0 Å². The van der Waals surface area contributed by atoms with Gasteiger partial charge in [-0.2, -0.15) is 5.26 Å². The first kappa shape index (κ1) is 11.4. The molecule has 19 heavy (non-hydrogen) atoms. The van der Waals surface area contributed by atoms with Crippen molar-refractivity contribution in [3.05, 3.63) is 64.8 Å². The van der Waals surface area contributed by atoms with Gasteiger partial charge in [0, 0.05) is 30.2 Å². The number of nitriles is 1. The van der Waals surface area contributed by atoms with Crippen molar-refractivity contribution in [1.82, 2.24) is 5.32 Å². The third-order valence-corrected chi connectivity index (χ3v) is 3.39. The van der Waals surface area contributed by atoms with E-state index in [1.165, 1.54) is 5.56 Å². The number of nitrogens with one attached hydrogen (secondary N) is 1. The Balaban J connectivity index is 1.98. The Morgan fingerprint density at radius 2 is 2.05 bits per heavy atom. The fourth-order valence-corrected chi connectivity index (χ4v) is 2.31. The molecule has 0 saturated heterocycles. The van der Waals surface area contributed by atoms with E-state index in [1.807, 2.05) is 12.4 Å². The number of anilines is 1. The maximum Gasteiger partial charge on any atom is 0.119 e. The van der Waals surface area contributed by atoms with E-state index in [4.69, 9.17) is 5.73 Å². The van der Waals surface area contributed by atoms with E-state index < -0.39 is 0 Å². The zero-order valence-corrected chi connectivity index (χ0v) is 10.6. The molecule has 1 aromatic rings. The lowest BCUT2D eigenvalue weighted by atomic mass is 10.0. The molecule has 0 radical (unpaired) electrons. The van der Waals surface area contributed by atoms with E-state index in [-0.39, 0.29) is 0 Å². The van der Waals surface area contributed by atoms with Gasteiger partial charge in [-0.05, 0) is 24.6 Å². The van der Waals surface area contributed by atoms with Crippen molar-refractivity contribution in [1.29, 1.82) is 5.26 Å². The summed E-state index contributed by atoms with van der Waals surface area (Å²) in [6, 6.07) is 10.5. The second-order valence-corrected chi connectivity index (χ2v) is 4.72. The minimum absolute atomic E-state index is 0.420. The highest BCUT2D eigenvalue weighted by Gasteiger charge is 2.26. The Labute approximate surface area is 112 Å². The molecule has 0 aliphatic carbocycles. The lowest BCUT2D eigenvalue weighted by molar-refractivity contribution is 0.962. The smallest absolute Gasteiger partial charge is 0.119 e. The van der Waals surface area contributed by atoms with E-state index in [1.54, 1.807) is 0 Å². The van der Waals surface area contributed by atoms with Gasteiger partial charge in [-0.25, -0.2) is 0 Å². The summed E-state index contributed by atoms with van der Waals surface area (Å²) >= 11 is 0. The fraction of sp³-hybridized carbons (Fsp3) is 0.133. The van der Waals surface area contributed by atoms with Crippen molar-refractivity contribution in [2.24, 2.45) is 5.73 Å². The number of aryl methyl sites for hydroxylation is 1. The minimum atomic E-state index is 0.420. The molecule has 4 nitrogen and oxygen atoms in total. The van der Waals surface area contributed by atoms with Crippen LogP contribution in [0.25, 0.3) is 0 Å².